The Balaban J connectivity index is 2.43. The van der Waals surface area contributed by atoms with Crippen molar-refractivity contribution in [2.24, 2.45) is 0 Å². The Hall–Kier alpha value is -0.860. The van der Waals surface area contributed by atoms with Crippen molar-refractivity contribution >= 4 is 0 Å². The normalized spacial score (nSPS) is 12.8. The molecule has 0 saturated carbocycles. The van der Waals surface area contributed by atoms with Crippen LogP contribution in [0.15, 0.2) is 24.3 Å². The molecule has 0 bridgehead atoms. The second-order valence-electron chi connectivity index (χ2n) is 3.58. The summed E-state index contributed by atoms with van der Waals surface area (Å²) in [6, 6.07) is 9.01. The maximum absolute atomic E-state index is 4.98. The van der Waals surface area contributed by atoms with E-state index in [-0.39, 0.29) is 0 Å². The lowest BCUT2D eigenvalue weighted by Crippen LogP contribution is -2.22. The van der Waals surface area contributed by atoms with Gasteiger partial charge >= 0.3 is 0 Å². The molecular weight excluding hydrogens is 174 g/mol. The number of methoxy groups -OCH3 is 1. The topological polar surface area (TPSA) is 21.3 Å². The monoisotopic (exact) mass is 193 g/mol. The van der Waals surface area contributed by atoms with E-state index in [1.165, 1.54) is 11.1 Å². The van der Waals surface area contributed by atoms with Gasteiger partial charge < -0.3 is 10.1 Å². The van der Waals surface area contributed by atoms with E-state index in [1.54, 1.807) is 7.11 Å². The molecule has 0 spiro atoms. The van der Waals surface area contributed by atoms with Crippen LogP contribution >= 0.6 is 0 Å². The van der Waals surface area contributed by atoms with Crippen molar-refractivity contribution < 1.29 is 4.74 Å². The number of benzene rings is 1. The molecule has 2 heteroatoms. The van der Waals surface area contributed by atoms with Crippen molar-refractivity contribution in [2.75, 3.05) is 20.3 Å². The summed E-state index contributed by atoms with van der Waals surface area (Å²) in [7, 11) is 1.72. The molecule has 0 amide bonds. The van der Waals surface area contributed by atoms with Gasteiger partial charge in [0.1, 0.15) is 0 Å². The Morgan fingerprint density at radius 3 is 2.50 bits per heavy atom. The number of hydrogen-bond donors (Lipinski definition) is 1. The van der Waals surface area contributed by atoms with E-state index < -0.39 is 0 Å². The smallest absolute Gasteiger partial charge is 0.0587 e. The Labute approximate surface area is 86.3 Å². The van der Waals surface area contributed by atoms with E-state index in [9.17, 15) is 0 Å². The molecule has 0 unspecified atom stereocenters. The summed E-state index contributed by atoms with van der Waals surface area (Å²) in [6.07, 6.45) is 0. The van der Waals surface area contributed by atoms with Gasteiger partial charge in [0, 0.05) is 19.7 Å². The quantitative estimate of drug-likeness (QED) is 0.724. The summed E-state index contributed by atoms with van der Waals surface area (Å²) in [4.78, 5) is 0. The molecule has 0 fully saturated rings. The fourth-order valence-corrected chi connectivity index (χ4v) is 1.35. The van der Waals surface area contributed by atoms with Gasteiger partial charge in [-0.25, -0.2) is 0 Å². The van der Waals surface area contributed by atoms with Crippen LogP contribution in [-0.2, 0) is 4.74 Å². The average Bonchev–Trinajstić information content (AvgIpc) is 2.19. The first kappa shape index (κ1) is 11.2. The van der Waals surface area contributed by atoms with Gasteiger partial charge in [0.2, 0.25) is 0 Å². The number of aryl methyl sites for hydroxylation is 1. The van der Waals surface area contributed by atoms with E-state index in [2.05, 4.69) is 43.4 Å². The van der Waals surface area contributed by atoms with Gasteiger partial charge in [-0.2, -0.15) is 0 Å². The van der Waals surface area contributed by atoms with Gasteiger partial charge in [0.05, 0.1) is 6.61 Å². The van der Waals surface area contributed by atoms with Gasteiger partial charge in [-0.3, -0.25) is 0 Å². The van der Waals surface area contributed by atoms with E-state index >= 15 is 0 Å². The van der Waals surface area contributed by atoms with Gasteiger partial charge in [-0.1, -0.05) is 29.8 Å². The van der Waals surface area contributed by atoms with Gasteiger partial charge in [0.25, 0.3) is 0 Å². The van der Waals surface area contributed by atoms with Crippen LogP contribution in [-0.4, -0.2) is 20.3 Å². The molecule has 0 aliphatic heterocycles. The Morgan fingerprint density at radius 2 is 1.93 bits per heavy atom. The Bertz CT molecular complexity index is 256. The van der Waals surface area contributed by atoms with Crippen LogP contribution in [0.5, 0.6) is 0 Å². The summed E-state index contributed by atoms with van der Waals surface area (Å²) >= 11 is 0. The summed E-state index contributed by atoms with van der Waals surface area (Å²) < 4.78 is 4.98. The Kier molecular flexibility index (Phi) is 4.63. The van der Waals surface area contributed by atoms with Crippen molar-refractivity contribution in [1.82, 2.24) is 5.32 Å². The SMILES string of the molecule is COCCN[C@H](C)c1ccc(C)cc1. The second kappa shape index (κ2) is 5.78. The summed E-state index contributed by atoms with van der Waals surface area (Å²) in [5.41, 5.74) is 2.63. The summed E-state index contributed by atoms with van der Waals surface area (Å²) in [5, 5.41) is 3.39. The highest BCUT2D eigenvalue weighted by atomic mass is 16.5. The molecule has 1 rings (SSSR count). The van der Waals surface area contributed by atoms with Crippen LogP contribution in [0.2, 0.25) is 0 Å². The van der Waals surface area contributed by atoms with E-state index in [4.69, 9.17) is 4.74 Å². The highest BCUT2D eigenvalue weighted by Crippen LogP contribution is 2.12. The lowest BCUT2D eigenvalue weighted by Gasteiger charge is -2.13. The molecule has 2 nitrogen and oxygen atoms in total. The molecule has 0 aliphatic carbocycles. The third-order valence-corrected chi connectivity index (χ3v) is 2.33. The third kappa shape index (κ3) is 3.48. The zero-order chi connectivity index (χ0) is 10.4. The zero-order valence-electron chi connectivity index (χ0n) is 9.21. The van der Waals surface area contributed by atoms with Crippen LogP contribution in [0.4, 0.5) is 0 Å². The zero-order valence-corrected chi connectivity index (χ0v) is 9.21. The average molecular weight is 193 g/mol. The van der Waals surface area contributed by atoms with Crippen LogP contribution in [0.3, 0.4) is 0 Å². The number of hydrogen-bond acceptors (Lipinski definition) is 2. The van der Waals surface area contributed by atoms with Crippen LogP contribution < -0.4 is 5.32 Å². The first-order valence-electron chi connectivity index (χ1n) is 5.03. The summed E-state index contributed by atoms with van der Waals surface area (Å²) in [5.74, 6) is 0. The molecule has 0 aromatic heterocycles. The minimum Gasteiger partial charge on any atom is -0.383 e. The molecule has 0 heterocycles. The molecule has 0 saturated heterocycles. The van der Waals surface area contributed by atoms with E-state index in [1.807, 2.05) is 0 Å². The van der Waals surface area contributed by atoms with Crippen molar-refractivity contribution in [3.63, 3.8) is 0 Å². The van der Waals surface area contributed by atoms with Crippen molar-refractivity contribution in [3.8, 4) is 0 Å². The standard InChI is InChI=1S/C12H19NO/c1-10-4-6-12(7-5-10)11(2)13-8-9-14-3/h4-7,11,13H,8-9H2,1-3H3/t11-/m1/s1. The first-order chi connectivity index (χ1) is 6.74. The highest BCUT2D eigenvalue weighted by molar-refractivity contribution is 5.23. The predicted octanol–water partition coefficient (Wildman–Crippen LogP) is 2.29. The van der Waals surface area contributed by atoms with Gasteiger partial charge in [-0.15, -0.1) is 0 Å². The lowest BCUT2D eigenvalue weighted by molar-refractivity contribution is 0.196. The van der Waals surface area contributed by atoms with Crippen LogP contribution in [0.25, 0.3) is 0 Å². The largest absolute Gasteiger partial charge is 0.383 e. The number of rotatable bonds is 5. The number of ether oxygens (including phenoxy) is 1. The van der Waals surface area contributed by atoms with E-state index in [0.29, 0.717) is 6.04 Å². The molecule has 0 aliphatic rings. The maximum Gasteiger partial charge on any atom is 0.0587 e. The molecular formula is C12H19NO. The molecule has 78 valence electrons. The second-order valence-corrected chi connectivity index (χ2v) is 3.58. The summed E-state index contributed by atoms with van der Waals surface area (Å²) in [6.45, 7) is 5.93. The molecule has 1 aromatic carbocycles. The van der Waals surface area contributed by atoms with Crippen molar-refractivity contribution in [3.05, 3.63) is 35.4 Å². The van der Waals surface area contributed by atoms with E-state index in [0.717, 1.165) is 13.2 Å². The highest BCUT2D eigenvalue weighted by Gasteiger charge is 2.02. The van der Waals surface area contributed by atoms with Crippen molar-refractivity contribution in [2.45, 2.75) is 19.9 Å². The first-order valence-corrected chi connectivity index (χ1v) is 5.03. The Morgan fingerprint density at radius 1 is 1.29 bits per heavy atom. The molecule has 0 radical (unpaired) electrons. The maximum atomic E-state index is 4.98. The number of nitrogens with one attached hydrogen (secondary N) is 1. The fourth-order valence-electron chi connectivity index (χ4n) is 1.35. The van der Waals surface area contributed by atoms with Gasteiger partial charge in [-0.05, 0) is 19.4 Å². The third-order valence-electron chi connectivity index (χ3n) is 2.33. The minimum atomic E-state index is 0.394. The molecule has 1 N–H and O–H groups in total. The lowest BCUT2D eigenvalue weighted by atomic mass is 10.1. The molecule has 14 heavy (non-hydrogen) atoms. The predicted molar refractivity (Wildman–Crippen MR) is 59.5 cm³/mol. The molecule has 1 aromatic rings. The minimum absolute atomic E-state index is 0.394. The van der Waals surface area contributed by atoms with Crippen molar-refractivity contribution in [1.29, 1.82) is 0 Å². The van der Waals surface area contributed by atoms with Gasteiger partial charge in [0.15, 0.2) is 0 Å². The van der Waals surface area contributed by atoms with Crippen LogP contribution in [0.1, 0.15) is 24.1 Å². The fraction of sp³-hybridized carbons (Fsp3) is 0.500. The van der Waals surface area contributed by atoms with Crippen LogP contribution in [0, 0.1) is 6.92 Å². The molecule has 1 atom stereocenters.